The van der Waals surface area contributed by atoms with Crippen LogP contribution in [0.15, 0.2) is 182 Å². The molecule has 0 saturated heterocycles. The van der Waals surface area contributed by atoms with Crippen molar-refractivity contribution in [2.45, 2.75) is 0 Å². The second-order valence-electron chi connectivity index (χ2n) is 10.2. The number of halogens is 2. The van der Waals surface area contributed by atoms with E-state index in [9.17, 15) is 0 Å². The van der Waals surface area contributed by atoms with Gasteiger partial charge in [-0.05, 0) is 72.8 Å². The van der Waals surface area contributed by atoms with Crippen molar-refractivity contribution < 1.29 is 26.6 Å². The Hall–Kier alpha value is -4.65. The number of benzene rings is 6. The Labute approximate surface area is 286 Å². The monoisotopic (exact) mass is 712 g/mol. The van der Waals surface area contributed by atoms with Gasteiger partial charge < -0.3 is 26.6 Å². The highest BCUT2D eigenvalue weighted by atomic mass is 35.6. The predicted octanol–water partition coefficient (Wildman–Crippen LogP) is 9.41. The van der Waals surface area contributed by atoms with Gasteiger partial charge in [-0.2, -0.15) is 0 Å². The molecule has 0 amide bonds. The summed E-state index contributed by atoms with van der Waals surface area (Å²) < 4.78 is 41.5. The van der Waals surface area contributed by atoms with Crippen LogP contribution in [0, 0.1) is 0 Å². The first-order chi connectivity index (χ1) is 23.0. The molecule has 6 nitrogen and oxygen atoms in total. The van der Waals surface area contributed by atoms with Gasteiger partial charge in [0.2, 0.25) is 0 Å². The van der Waals surface area contributed by atoms with Crippen LogP contribution >= 0.6 is 22.2 Å². The fourth-order valence-electron chi connectivity index (χ4n) is 4.62. The standard InChI is InChI=1S/C36H30Cl2O6Si3/c37-45(39-31-19-7-1-8-20-31,40-32-21-9-2-10-22-32)47(43-35-27-15-5-16-28-35,44-36-29-17-6-18-30-36)46(38,41-33-23-11-3-12-24-33)42-34-25-13-4-14-26-34/h1-30H. The Morgan fingerprint density at radius 2 is 0.426 bits per heavy atom. The summed E-state index contributed by atoms with van der Waals surface area (Å²) in [4.78, 5) is 0. The third kappa shape index (κ3) is 7.67. The quantitative estimate of drug-likeness (QED) is 0.0829. The van der Waals surface area contributed by atoms with Crippen molar-refractivity contribution in [1.29, 1.82) is 0 Å². The molecule has 0 aliphatic carbocycles. The predicted molar refractivity (Wildman–Crippen MR) is 191 cm³/mol. The number of para-hydroxylation sites is 6. The molecule has 0 radical (unpaired) electrons. The van der Waals surface area contributed by atoms with Crippen LogP contribution in [-0.2, 0) is 0 Å². The molecule has 0 aliphatic heterocycles. The summed E-state index contributed by atoms with van der Waals surface area (Å²) in [5.74, 6) is 2.58. The number of hydrogen-bond acceptors (Lipinski definition) is 6. The van der Waals surface area contributed by atoms with Crippen LogP contribution in [0.25, 0.3) is 0 Å². The average Bonchev–Trinajstić information content (AvgIpc) is 3.10. The molecule has 6 rings (SSSR count). The van der Waals surface area contributed by atoms with E-state index in [1.165, 1.54) is 0 Å². The van der Waals surface area contributed by atoms with E-state index < -0.39 is 22.4 Å². The molecule has 0 bridgehead atoms. The molecule has 6 aromatic rings. The minimum Gasteiger partial charge on any atom is -0.506 e. The molecule has 236 valence electrons. The number of rotatable bonds is 14. The van der Waals surface area contributed by atoms with Crippen molar-refractivity contribution in [3.63, 3.8) is 0 Å². The molecule has 11 heteroatoms. The molecular weight excluding hydrogens is 684 g/mol. The molecule has 0 saturated carbocycles. The lowest BCUT2D eigenvalue weighted by Crippen LogP contribution is -2.88. The van der Waals surface area contributed by atoms with Gasteiger partial charge in [0.05, 0.1) is 0 Å². The van der Waals surface area contributed by atoms with Crippen molar-refractivity contribution in [3.05, 3.63) is 182 Å². The lowest BCUT2D eigenvalue weighted by molar-refractivity contribution is 0.341. The third-order valence-corrected chi connectivity index (χ3v) is 32.7. The van der Waals surface area contributed by atoms with Crippen molar-refractivity contribution >= 4 is 44.5 Å². The summed E-state index contributed by atoms with van der Waals surface area (Å²) in [6.07, 6.45) is 0. The zero-order chi connectivity index (χ0) is 32.4. The zero-order valence-corrected chi connectivity index (χ0v) is 29.5. The van der Waals surface area contributed by atoms with Gasteiger partial charge in [0, 0.05) is 0 Å². The normalized spacial score (nSPS) is 11.6. The van der Waals surface area contributed by atoms with Gasteiger partial charge >= 0.3 is 22.4 Å². The van der Waals surface area contributed by atoms with Gasteiger partial charge in [0.25, 0.3) is 0 Å². The topological polar surface area (TPSA) is 55.4 Å². The van der Waals surface area contributed by atoms with Gasteiger partial charge in [-0.25, -0.2) is 0 Å². The number of hydrogen-bond donors (Lipinski definition) is 0. The van der Waals surface area contributed by atoms with Gasteiger partial charge in [-0.1, -0.05) is 131 Å². The molecule has 0 aliphatic rings. The average molecular weight is 714 g/mol. The van der Waals surface area contributed by atoms with E-state index in [1.807, 2.05) is 109 Å². The highest BCUT2D eigenvalue weighted by Crippen LogP contribution is 2.42. The SMILES string of the molecule is Cl[Si](Oc1ccccc1)(Oc1ccccc1)[Si](Oc1ccccc1)(Oc1ccccc1)[Si](Cl)(Oc1ccccc1)Oc1ccccc1. The highest BCUT2D eigenvalue weighted by Gasteiger charge is 2.92. The minimum absolute atomic E-state index is 0.423. The molecule has 47 heavy (non-hydrogen) atoms. The van der Waals surface area contributed by atoms with E-state index in [0.717, 1.165) is 0 Å². The first-order valence-corrected chi connectivity index (χ1v) is 24.3. The zero-order valence-electron chi connectivity index (χ0n) is 25.0. The Balaban J connectivity index is 1.66. The summed E-state index contributed by atoms with van der Waals surface area (Å²) in [7, 11) is -13.5. The van der Waals surface area contributed by atoms with E-state index in [1.54, 1.807) is 72.8 Å². The maximum Gasteiger partial charge on any atom is 0.643 e. The fraction of sp³-hybridized carbons (Fsp3) is 0. The molecule has 0 unspecified atom stereocenters. The van der Waals surface area contributed by atoms with Crippen molar-refractivity contribution in [2.75, 3.05) is 0 Å². The molecule has 6 aromatic carbocycles. The largest absolute Gasteiger partial charge is 0.643 e. The Kier molecular flexibility index (Phi) is 10.2. The molecule has 0 fully saturated rings. The van der Waals surface area contributed by atoms with Crippen LogP contribution in [0.4, 0.5) is 0 Å². The van der Waals surface area contributed by atoms with Crippen LogP contribution in [-0.4, -0.2) is 22.4 Å². The van der Waals surface area contributed by atoms with Crippen LogP contribution in [0.5, 0.6) is 34.5 Å². The van der Waals surface area contributed by atoms with Gasteiger partial charge in [0.15, 0.2) is 0 Å². The maximum atomic E-state index is 7.94. The summed E-state index contributed by atoms with van der Waals surface area (Å²) in [6, 6.07) is 54.9. The van der Waals surface area contributed by atoms with E-state index >= 15 is 0 Å². The second kappa shape index (κ2) is 14.8. The van der Waals surface area contributed by atoms with Gasteiger partial charge in [-0.3, -0.25) is 0 Å². The lowest BCUT2D eigenvalue weighted by atomic mass is 10.3. The highest BCUT2D eigenvalue weighted by molar-refractivity contribution is 7.77. The van der Waals surface area contributed by atoms with Crippen LogP contribution in [0.1, 0.15) is 0 Å². The summed E-state index contributed by atoms with van der Waals surface area (Å²) >= 11 is 15.9. The maximum absolute atomic E-state index is 7.94. The Morgan fingerprint density at radius 1 is 0.255 bits per heavy atom. The van der Waals surface area contributed by atoms with Crippen LogP contribution < -0.4 is 26.6 Å². The van der Waals surface area contributed by atoms with E-state index in [2.05, 4.69) is 0 Å². The minimum atomic E-state index is -4.60. The van der Waals surface area contributed by atoms with E-state index in [4.69, 9.17) is 48.7 Å². The van der Waals surface area contributed by atoms with E-state index in [0.29, 0.717) is 34.5 Å². The van der Waals surface area contributed by atoms with Crippen LogP contribution in [0.3, 0.4) is 0 Å². The molecule has 0 aromatic heterocycles. The lowest BCUT2D eigenvalue weighted by Gasteiger charge is -2.43. The van der Waals surface area contributed by atoms with Crippen molar-refractivity contribution in [3.8, 4) is 34.5 Å². The van der Waals surface area contributed by atoms with Crippen molar-refractivity contribution in [2.24, 2.45) is 0 Å². The van der Waals surface area contributed by atoms with Crippen LogP contribution in [0.2, 0.25) is 0 Å². The molecule has 0 N–H and O–H groups in total. The second-order valence-corrected chi connectivity index (χ2v) is 29.1. The molecule has 0 spiro atoms. The van der Waals surface area contributed by atoms with Crippen molar-refractivity contribution in [1.82, 2.24) is 0 Å². The molecule has 0 heterocycles. The first kappa shape index (κ1) is 32.3. The van der Waals surface area contributed by atoms with Gasteiger partial charge in [-0.15, -0.1) is 0 Å². The Morgan fingerprint density at radius 3 is 0.617 bits per heavy atom. The summed E-state index contributed by atoms with van der Waals surface area (Å²) in [6.45, 7) is 0. The first-order valence-electron chi connectivity index (χ1n) is 14.8. The molecule has 0 atom stereocenters. The molecular formula is C36H30Cl2O6Si3. The smallest absolute Gasteiger partial charge is 0.506 e. The summed E-state index contributed by atoms with van der Waals surface area (Å²) in [5, 5.41) is 0. The fourth-order valence-corrected chi connectivity index (χ4v) is 31.3. The van der Waals surface area contributed by atoms with Gasteiger partial charge in [0.1, 0.15) is 34.5 Å². The summed E-state index contributed by atoms with van der Waals surface area (Å²) in [5.41, 5.74) is 0. The van der Waals surface area contributed by atoms with E-state index in [-0.39, 0.29) is 0 Å². The Bertz CT molecular complexity index is 1590. The third-order valence-electron chi connectivity index (χ3n) is 6.77.